The van der Waals surface area contributed by atoms with Crippen molar-refractivity contribution in [3.8, 4) is 5.75 Å². The molecule has 566 valence electrons. The maximum Gasteiger partial charge on any atom is 0.326 e. The molecule has 0 aromatic heterocycles. The number of carboxylic acid groups (broad SMARTS) is 3. The third-order valence-electron chi connectivity index (χ3n) is 19.1. The first-order valence-electron chi connectivity index (χ1n) is 35.0. The van der Waals surface area contributed by atoms with Crippen LogP contribution < -0.4 is 58.3 Å². The van der Waals surface area contributed by atoms with Crippen molar-refractivity contribution in [1.82, 2.24) is 47.4 Å². The van der Waals surface area contributed by atoms with Crippen LogP contribution in [0.1, 0.15) is 89.3 Å². The molecule has 0 radical (unpaired) electrons. The molecular weight excluding hydrogens is 1420 g/mol. The number of carbonyl (C=O) groups is 11. The second-order valence-corrected chi connectivity index (χ2v) is 29.8. The summed E-state index contributed by atoms with van der Waals surface area (Å²) in [6, 6.07) is 18.5. The van der Waals surface area contributed by atoms with Crippen LogP contribution in [-0.4, -0.2) is 200 Å². The van der Waals surface area contributed by atoms with Crippen LogP contribution in [0.15, 0.2) is 145 Å². The molecule has 0 saturated carbocycles. The van der Waals surface area contributed by atoms with E-state index in [2.05, 4.69) is 82.4 Å². The number of benzene rings is 5. The molecule has 31 heteroatoms. The zero-order chi connectivity index (χ0) is 77.3. The lowest BCUT2D eigenvalue weighted by molar-refractivity contribution is -0.439. The van der Waals surface area contributed by atoms with Gasteiger partial charge in [0.2, 0.25) is 52.9 Å². The largest absolute Gasteiger partial charge is 0.550 e. The van der Waals surface area contributed by atoms with E-state index in [1.165, 1.54) is 24.3 Å². The number of nitrogens with two attached hydrogens (primary N) is 1. The lowest BCUT2D eigenvalue weighted by Gasteiger charge is -2.30. The van der Waals surface area contributed by atoms with Crippen molar-refractivity contribution >= 4 is 131 Å². The molecule has 1 unspecified atom stereocenters. The van der Waals surface area contributed by atoms with Gasteiger partial charge in [-0.15, -0.1) is 0 Å². The molecule has 0 aliphatic carbocycles. The number of guanidine groups is 1. The standard InChI is InChI=1S/C76H89N13O16S2/c1-75(2)59(22-8-6-5-7-9-23-60-76(3,4)66-49-19-13-11-17-46(49)27-31-57(66)88(60)37-33-63(94)95)87(56-30-26-45-16-10-12-18-48(45)65(56)75)36-32-61(92)82-54-42-106-107-43-55(70(101)84-52(73(104)105)38-44-24-28-47(91)29-25-44)86-71(102)58-21-15-35-89(58)72(103)53(41-90)85-69(100)51(39-64(96)97)83-68(99)50(20-14-34-79-74(77)78)81-62(93)40-80-67(54)98/h5-13,16-19,22-31,50-55,58,90H,14-15,20-21,32-43H2,1-4H3,(H14-,77,78,79,80,81,82,83,84,85,86,91,92,93,94,95,96,97,98,99,100,101,102,104,105)/t50-,51-,52-,53-,54+,55-,58?/m0/s1. The molecule has 15 N–H and O–H groups in total. The summed E-state index contributed by atoms with van der Waals surface area (Å²) in [6.45, 7) is 6.77. The second kappa shape index (κ2) is 36.3. The van der Waals surface area contributed by atoms with Crippen LogP contribution in [0.4, 0.5) is 11.4 Å². The van der Waals surface area contributed by atoms with Crippen molar-refractivity contribution in [2.75, 3.05) is 55.7 Å². The Hall–Kier alpha value is -11.1. The molecule has 5 aromatic carbocycles. The molecule has 9 rings (SSSR count). The van der Waals surface area contributed by atoms with Crippen LogP contribution in [0, 0.1) is 5.41 Å². The molecule has 5 aromatic rings. The molecule has 107 heavy (non-hydrogen) atoms. The molecular formula is C76H89N13O16S2. The van der Waals surface area contributed by atoms with Crippen molar-refractivity contribution in [3.05, 3.63) is 162 Å². The molecule has 4 heterocycles. The minimum Gasteiger partial charge on any atom is -0.550 e. The number of phenols is 1. The van der Waals surface area contributed by atoms with Gasteiger partial charge in [-0.2, -0.15) is 4.58 Å². The van der Waals surface area contributed by atoms with Crippen molar-refractivity contribution in [1.29, 1.82) is 5.41 Å². The van der Waals surface area contributed by atoms with Gasteiger partial charge in [-0.3, -0.25) is 48.6 Å². The van der Waals surface area contributed by atoms with Gasteiger partial charge in [0.1, 0.15) is 48.0 Å². The fraction of sp³-hybridized carbons (Fsp3) is 0.382. The molecule has 4 aliphatic rings. The lowest BCUT2D eigenvalue weighted by Crippen LogP contribution is -2.60. The van der Waals surface area contributed by atoms with E-state index in [4.69, 9.17) is 11.1 Å². The number of nitrogens with one attached hydrogen (secondary N) is 9. The minimum absolute atomic E-state index is 0.0126. The van der Waals surface area contributed by atoms with Crippen molar-refractivity contribution in [2.24, 2.45) is 5.73 Å². The highest BCUT2D eigenvalue weighted by molar-refractivity contribution is 8.76. The third-order valence-corrected chi connectivity index (χ3v) is 21.5. The van der Waals surface area contributed by atoms with Crippen LogP contribution in [0.3, 0.4) is 0 Å². The minimum atomic E-state index is -1.94. The smallest absolute Gasteiger partial charge is 0.326 e. The fourth-order valence-electron chi connectivity index (χ4n) is 13.9. The predicted octanol–water partition coefficient (Wildman–Crippen LogP) is 2.42. The summed E-state index contributed by atoms with van der Waals surface area (Å²) >= 11 is 0. The lowest BCUT2D eigenvalue weighted by atomic mass is 9.79. The van der Waals surface area contributed by atoms with Gasteiger partial charge in [0, 0.05) is 90.9 Å². The van der Waals surface area contributed by atoms with E-state index in [1.807, 2.05) is 113 Å². The maximum absolute atomic E-state index is 14.6. The van der Waals surface area contributed by atoms with Gasteiger partial charge in [0.15, 0.2) is 18.2 Å². The van der Waals surface area contributed by atoms with E-state index in [9.17, 15) is 78.3 Å². The van der Waals surface area contributed by atoms with Crippen LogP contribution in [0.2, 0.25) is 0 Å². The average molecular weight is 1500 g/mol. The summed E-state index contributed by atoms with van der Waals surface area (Å²) in [5, 5.41) is 84.2. The third kappa shape index (κ3) is 20.1. The zero-order valence-electron chi connectivity index (χ0n) is 59.6. The van der Waals surface area contributed by atoms with E-state index in [1.54, 1.807) is 0 Å². The summed E-state index contributed by atoms with van der Waals surface area (Å²) in [4.78, 5) is 154. The highest BCUT2D eigenvalue weighted by Gasteiger charge is 2.47. The van der Waals surface area contributed by atoms with Gasteiger partial charge in [0.25, 0.3) is 0 Å². The number of phenolic OH excluding ortho intramolecular Hbond substituents is 1. The van der Waals surface area contributed by atoms with Crippen LogP contribution >= 0.6 is 21.6 Å². The summed E-state index contributed by atoms with van der Waals surface area (Å²) < 4.78 is 2.04. The molecule has 29 nitrogen and oxygen atoms in total. The predicted molar refractivity (Wildman–Crippen MR) is 403 cm³/mol. The quantitative estimate of drug-likeness (QED) is 0.0111. The molecule has 4 aliphatic heterocycles. The number of allylic oxidation sites excluding steroid dienone is 8. The zero-order valence-corrected chi connectivity index (χ0v) is 61.2. The van der Waals surface area contributed by atoms with E-state index in [0.29, 0.717) is 5.56 Å². The van der Waals surface area contributed by atoms with Gasteiger partial charge in [0.05, 0.1) is 25.0 Å². The molecule has 8 amide bonds. The normalized spacial score (nSPS) is 21.7. The number of hydrogen-bond acceptors (Lipinski definition) is 18. The van der Waals surface area contributed by atoms with Gasteiger partial charge < -0.3 is 88.4 Å². The first-order chi connectivity index (χ1) is 51.1. The number of aromatic hydroxyl groups is 1. The topological polar surface area (TPSA) is 447 Å². The van der Waals surface area contributed by atoms with Crippen LogP contribution in [-0.2, 0) is 70.0 Å². The summed E-state index contributed by atoms with van der Waals surface area (Å²) in [5.41, 5.74) is 10.4. The number of aliphatic hydroxyl groups is 1. The molecule has 0 spiro atoms. The number of carboxylic acids is 3. The first-order valence-corrected chi connectivity index (χ1v) is 37.5. The Morgan fingerprint density at radius 1 is 0.757 bits per heavy atom. The van der Waals surface area contributed by atoms with Crippen molar-refractivity contribution < 1.29 is 82.8 Å². The highest BCUT2D eigenvalue weighted by Crippen LogP contribution is 2.51. The molecule has 7 atom stereocenters. The van der Waals surface area contributed by atoms with Crippen molar-refractivity contribution in [3.63, 3.8) is 0 Å². The van der Waals surface area contributed by atoms with E-state index >= 15 is 0 Å². The summed E-state index contributed by atoms with van der Waals surface area (Å²) in [7, 11) is 1.91. The Balaban J connectivity index is 0.986. The summed E-state index contributed by atoms with van der Waals surface area (Å²) in [5.74, 6) is -12.9. The molecule has 0 bridgehead atoms. The van der Waals surface area contributed by atoms with E-state index in [0.717, 1.165) is 81.9 Å². The van der Waals surface area contributed by atoms with Crippen LogP contribution in [0.25, 0.3) is 21.5 Å². The Kier molecular flexibility index (Phi) is 27.2. The van der Waals surface area contributed by atoms with Gasteiger partial charge >= 0.3 is 11.9 Å². The van der Waals surface area contributed by atoms with E-state index < -0.39 is 144 Å². The summed E-state index contributed by atoms with van der Waals surface area (Å²) in [6.07, 6.45) is 11.8. The van der Waals surface area contributed by atoms with Crippen molar-refractivity contribution in [2.45, 2.75) is 132 Å². The second-order valence-electron chi connectivity index (χ2n) is 27.3. The number of carbonyl (C=O) groups excluding carboxylic acids is 9. The Morgan fingerprint density at radius 2 is 1.41 bits per heavy atom. The fourth-order valence-corrected chi connectivity index (χ4v) is 16.2. The number of aliphatic hydroxyl groups excluding tert-OH is 1. The first kappa shape index (κ1) is 80.1. The highest BCUT2D eigenvalue weighted by atomic mass is 33.1. The van der Waals surface area contributed by atoms with Crippen LogP contribution in [0.5, 0.6) is 5.75 Å². The Labute approximate surface area is 625 Å². The SMILES string of the molecule is CC1(C)C(/C=C/C=C/C=C/C=C2/N(CCC(=O)N[C@@H]3CSSC[C@@H](C(=O)N[C@@H](Cc4ccc(O)cc4)C(=O)O)NC(=O)C4CCCN4C(=O)[C@H](CO)NC(=O)[C@H](CC(=O)O)NC(=O)[C@H](CCCNC(=N)N)NC(=O)CNC3=O)c3ccc4ccccc4c3C2(C)C)=[N+](CCC(=O)[O-])c2ccc3ccccc3c21. The number of fused-ring (bicyclic) bond motifs is 7. The molecule has 2 saturated heterocycles. The number of nitrogens with zero attached hydrogens (tertiary/aromatic N) is 3. The number of aliphatic carboxylic acids is 3. The average Bonchev–Trinajstić information content (AvgIpc) is 1.58. The number of amides is 8. The number of hydrogen-bond donors (Lipinski definition) is 14. The van der Waals surface area contributed by atoms with Gasteiger partial charge in [-0.1, -0.05) is 133 Å². The Morgan fingerprint density at radius 3 is 2.09 bits per heavy atom. The van der Waals surface area contributed by atoms with Gasteiger partial charge in [-0.25, -0.2) is 4.79 Å². The Bertz CT molecular complexity index is 4420. The molecule has 2 fully saturated rings. The number of rotatable bonds is 23. The van der Waals surface area contributed by atoms with Gasteiger partial charge in [-0.05, 0) is 103 Å². The maximum atomic E-state index is 14.6. The number of anilines is 1. The van der Waals surface area contributed by atoms with E-state index in [-0.39, 0.29) is 88.4 Å². The monoisotopic (exact) mass is 1500 g/mol.